The molecule has 4 heteroatoms. The van der Waals surface area contributed by atoms with Gasteiger partial charge in [0.25, 0.3) is 0 Å². The van der Waals surface area contributed by atoms with Gasteiger partial charge >= 0.3 is 0 Å². The monoisotopic (exact) mass is 302 g/mol. The molecule has 108 valence electrons. The molecule has 1 aliphatic heterocycles. The van der Waals surface area contributed by atoms with Crippen molar-refractivity contribution in [2.45, 2.75) is 18.4 Å². The maximum absolute atomic E-state index is 10.7. The Morgan fingerprint density at radius 1 is 1.10 bits per heavy atom. The largest absolute Gasteiger partial charge is 0.486 e. The number of aliphatic hydroxyl groups is 1. The Hall–Kier alpha value is -1.71. The second-order valence-corrected chi connectivity index (χ2v) is 5.88. The van der Waals surface area contributed by atoms with Crippen molar-refractivity contribution >= 4 is 11.6 Å². The Morgan fingerprint density at radius 3 is 2.57 bits per heavy atom. The third kappa shape index (κ3) is 2.08. The molecule has 2 unspecified atom stereocenters. The lowest BCUT2D eigenvalue weighted by atomic mass is 9.73. The standard InChI is InChI=1S/C17H15ClO3/c18-14-9-16-15(20-5-6-21-16)8-13(14)17(19)12-7-10-3-1-2-4-11(10)12/h1-4,8-9,12,17,19H,5-7H2. The van der Waals surface area contributed by atoms with Gasteiger partial charge in [-0.3, -0.25) is 0 Å². The number of benzene rings is 2. The maximum atomic E-state index is 10.7. The average molecular weight is 303 g/mol. The summed E-state index contributed by atoms with van der Waals surface area (Å²) in [6, 6.07) is 11.7. The van der Waals surface area contributed by atoms with Gasteiger partial charge in [-0.2, -0.15) is 0 Å². The number of ether oxygens (including phenoxy) is 2. The van der Waals surface area contributed by atoms with E-state index in [9.17, 15) is 5.11 Å². The Balaban J connectivity index is 1.68. The van der Waals surface area contributed by atoms with Crippen LogP contribution >= 0.6 is 11.6 Å². The highest BCUT2D eigenvalue weighted by molar-refractivity contribution is 6.31. The number of fused-ring (bicyclic) bond motifs is 2. The molecule has 3 nitrogen and oxygen atoms in total. The summed E-state index contributed by atoms with van der Waals surface area (Å²) in [6.07, 6.45) is 0.255. The molecule has 1 aliphatic carbocycles. The Labute approximate surface area is 128 Å². The van der Waals surface area contributed by atoms with E-state index in [2.05, 4.69) is 12.1 Å². The molecule has 0 bridgehead atoms. The van der Waals surface area contributed by atoms with Gasteiger partial charge in [0.2, 0.25) is 0 Å². The van der Waals surface area contributed by atoms with Crippen LogP contribution in [0.25, 0.3) is 0 Å². The number of halogens is 1. The van der Waals surface area contributed by atoms with Crippen LogP contribution in [0.15, 0.2) is 36.4 Å². The SMILES string of the molecule is OC(c1cc2c(cc1Cl)OCCO2)C1Cc2ccccc21. The highest BCUT2D eigenvalue weighted by atomic mass is 35.5. The number of hydrogen-bond donors (Lipinski definition) is 1. The minimum absolute atomic E-state index is 0.0984. The van der Waals surface area contributed by atoms with Crippen molar-refractivity contribution in [2.75, 3.05) is 13.2 Å². The van der Waals surface area contributed by atoms with Gasteiger partial charge in [-0.1, -0.05) is 35.9 Å². The molecule has 1 N–H and O–H groups in total. The molecule has 0 amide bonds. The highest BCUT2D eigenvalue weighted by Crippen LogP contribution is 2.47. The van der Waals surface area contributed by atoms with Gasteiger partial charge < -0.3 is 14.6 Å². The normalized spacial score (nSPS) is 20.4. The molecule has 0 radical (unpaired) electrons. The van der Waals surface area contributed by atoms with E-state index in [4.69, 9.17) is 21.1 Å². The van der Waals surface area contributed by atoms with E-state index in [-0.39, 0.29) is 5.92 Å². The molecule has 0 fully saturated rings. The molecule has 0 saturated carbocycles. The van der Waals surface area contributed by atoms with Crippen LogP contribution in [0.5, 0.6) is 11.5 Å². The van der Waals surface area contributed by atoms with E-state index in [1.54, 1.807) is 6.07 Å². The van der Waals surface area contributed by atoms with Crippen LogP contribution < -0.4 is 9.47 Å². The topological polar surface area (TPSA) is 38.7 Å². The average Bonchev–Trinajstić information content (AvgIpc) is 2.47. The summed E-state index contributed by atoms with van der Waals surface area (Å²) in [5, 5.41) is 11.2. The van der Waals surface area contributed by atoms with Crippen molar-refractivity contribution < 1.29 is 14.6 Å². The fourth-order valence-corrected chi connectivity index (χ4v) is 3.37. The summed E-state index contributed by atoms with van der Waals surface area (Å²) in [5.74, 6) is 1.41. The van der Waals surface area contributed by atoms with E-state index in [0.717, 1.165) is 6.42 Å². The van der Waals surface area contributed by atoms with Gasteiger partial charge in [0, 0.05) is 17.5 Å². The van der Waals surface area contributed by atoms with Gasteiger partial charge in [0.05, 0.1) is 11.1 Å². The van der Waals surface area contributed by atoms with Crippen molar-refractivity contribution in [1.29, 1.82) is 0 Å². The van der Waals surface area contributed by atoms with Crippen LogP contribution in [0.4, 0.5) is 0 Å². The lowest BCUT2D eigenvalue weighted by Gasteiger charge is -2.34. The van der Waals surface area contributed by atoms with Crippen LogP contribution in [-0.4, -0.2) is 18.3 Å². The van der Waals surface area contributed by atoms with Gasteiger partial charge in [-0.15, -0.1) is 0 Å². The molecule has 2 aromatic carbocycles. The highest BCUT2D eigenvalue weighted by Gasteiger charge is 2.34. The van der Waals surface area contributed by atoms with Crippen molar-refractivity contribution in [3.63, 3.8) is 0 Å². The zero-order valence-electron chi connectivity index (χ0n) is 11.4. The van der Waals surface area contributed by atoms with Crippen LogP contribution in [0.3, 0.4) is 0 Å². The van der Waals surface area contributed by atoms with Crippen LogP contribution in [0, 0.1) is 0 Å². The zero-order valence-corrected chi connectivity index (χ0v) is 12.1. The molecule has 0 aromatic heterocycles. The molecule has 21 heavy (non-hydrogen) atoms. The first-order valence-corrected chi connectivity index (χ1v) is 7.47. The zero-order chi connectivity index (χ0) is 14.4. The van der Waals surface area contributed by atoms with E-state index >= 15 is 0 Å². The van der Waals surface area contributed by atoms with E-state index in [1.807, 2.05) is 18.2 Å². The molecule has 1 heterocycles. The molecule has 0 spiro atoms. The fraction of sp³-hybridized carbons (Fsp3) is 0.294. The third-order valence-corrected chi connectivity index (χ3v) is 4.58. The number of hydrogen-bond acceptors (Lipinski definition) is 3. The summed E-state index contributed by atoms with van der Waals surface area (Å²) < 4.78 is 11.1. The molecule has 0 saturated heterocycles. The lowest BCUT2D eigenvalue weighted by Crippen LogP contribution is -2.24. The van der Waals surface area contributed by atoms with Crippen molar-refractivity contribution in [3.8, 4) is 11.5 Å². The quantitative estimate of drug-likeness (QED) is 0.923. The molecule has 4 rings (SSSR count). The van der Waals surface area contributed by atoms with Crippen LogP contribution in [-0.2, 0) is 6.42 Å². The van der Waals surface area contributed by atoms with Gasteiger partial charge in [-0.05, 0) is 23.6 Å². The minimum atomic E-state index is -0.622. The first-order chi connectivity index (χ1) is 10.2. The molecular weight excluding hydrogens is 288 g/mol. The first-order valence-electron chi connectivity index (χ1n) is 7.09. The second kappa shape index (κ2) is 4.93. The third-order valence-electron chi connectivity index (χ3n) is 4.26. The van der Waals surface area contributed by atoms with E-state index in [0.29, 0.717) is 35.3 Å². The van der Waals surface area contributed by atoms with Crippen LogP contribution in [0.1, 0.15) is 28.7 Å². The minimum Gasteiger partial charge on any atom is -0.486 e. The predicted molar refractivity (Wildman–Crippen MR) is 80.3 cm³/mol. The molecule has 2 aromatic rings. The smallest absolute Gasteiger partial charge is 0.162 e. The Bertz CT molecular complexity index is 698. The van der Waals surface area contributed by atoms with Gasteiger partial charge in [0.15, 0.2) is 11.5 Å². The molecule has 2 aliphatic rings. The summed E-state index contributed by atoms with van der Waals surface area (Å²) in [5.41, 5.74) is 3.21. The number of aliphatic hydroxyl groups excluding tert-OH is 1. The second-order valence-electron chi connectivity index (χ2n) is 5.47. The van der Waals surface area contributed by atoms with E-state index < -0.39 is 6.10 Å². The summed E-state index contributed by atoms with van der Waals surface area (Å²) >= 11 is 6.31. The summed E-state index contributed by atoms with van der Waals surface area (Å²) in [7, 11) is 0. The maximum Gasteiger partial charge on any atom is 0.162 e. The molecular formula is C17H15ClO3. The van der Waals surface area contributed by atoms with Gasteiger partial charge in [-0.25, -0.2) is 0 Å². The van der Waals surface area contributed by atoms with Crippen molar-refractivity contribution in [1.82, 2.24) is 0 Å². The predicted octanol–water partition coefficient (Wildman–Crippen LogP) is 3.48. The van der Waals surface area contributed by atoms with Gasteiger partial charge in [0.1, 0.15) is 13.2 Å². The fourth-order valence-electron chi connectivity index (χ4n) is 3.10. The Morgan fingerprint density at radius 2 is 1.81 bits per heavy atom. The summed E-state index contributed by atoms with van der Waals surface area (Å²) in [6.45, 7) is 1.05. The van der Waals surface area contributed by atoms with Crippen LogP contribution in [0.2, 0.25) is 5.02 Å². The summed E-state index contributed by atoms with van der Waals surface area (Å²) in [4.78, 5) is 0. The van der Waals surface area contributed by atoms with E-state index in [1.165, 1.54) is 11.1 Å². The first kappa shape index (κ1) is 13.0. The van der Waals surface area contributed by atoms with Crippen molar-refractivity contribution in [3.05, 3.63) is 58.1 Å². The Kier molecular flexibility index (Phi) is 3.05. The number of rotatable bonds is 2. The lowest BCUT2D eigenvalue weighted by molar-refractivity contribution is 0.132. The van der Waals surface area contributed by atoms with Crippen molar-refractivity contribution in [2.24, 2.45) is 0 Å². The molecule has 2 atom stereocenters.